The number of nitriles is 1. The van der Waals surface area contributed by atoms with Crippen LogP contribution in [0.3, 0.4) is 0 Å². The van der Waals surface area contributed by atoms with Gasteiger partial charge in [-0.25, -0.2) is 4.98 Å². The number of anilines is 1. The summed E-state index contributed by atoms with van der Waals surface area (Å²) in [5, 5.41) is 12.1. The summed E-state index contributed by atoms with van der Waals surface area (Å²) in [6.45, 7) is 3.31. The van der Waals surface area contributed by atoms with Crippen LogP contribution in [-0.2, 0) is 0 Å². The highest BCUT2D eigenvalue weighted by molar-refractivity contribution is 5.38. The molecule has 0 spiro atoms. The van der Waals surface area contributed by atoms with Crippen LogP contribution in [0.4, 0.5) is 5.82 Å². The van der Waals surface area contributed by atoms with E-state index in [9.17, 15) is 0 Å². The Morgan fingerprint density at radius 1 is 1.41 bits per heavy atom. The van der Waals surface area contributed by atoms with Gasteiger partial charge >= 0.3 is 0 Å². The summed E-state index contributed by atoms with van der Waals surface area (Å²) < 4.78 is 0. The van der Waals surface area contributed by atoms with E-state index in [-0.39, 0.29) is 0 Å². The molecule has 1 aliphatic rings. The second-order valence-corrected chi connectivity index (χ2v) is 4.92. The lowest BCUT2D eigenvalue weighted by Gasteiger charge is -2.28. The highest BCUT2D eigenvalue weighted by atomic mass is 15.0. The molecule has 0 amide bonds. The van der Waals surface area contributed by atoms with Crippen LogP contribution in [-0.4, -0.2) is 11.5 Å². The van der Waals surface area contributed by atoms with Crippen LogP contribution in [0.15, 0.2) is 18.2 Å². The highest BCUT2D eigenvalue weighted by Gasteiger charge is 2.20. The van der Waals surface area contributed by atoms with Crippen molar-refractivity contribution in [2.24, 2.45) is 11.8 Å². The molecule has 0 aromatic carbocycles. The Balaban J connectivity index is 1.90. The number of hydrogen-bond acceptors (Lipinski definition) is 3. The van der Waals surface area contributed by atoms with Crippen molar-refractivity contribution in [2.75, 3.05) is 11.9 Å². The lowest BCUT2D eigenvalue weighted by molar-refractivity contribution is 0.268. The first-order valence-electron chi connectivity index (χ1n) is 6.40. The third kappa shape index (κ3) is 3.20. The zero-order valence-electron chi connectivity index (χ0n) is 10.3. The van der Waals surface area contributed by atoms with Crippen molar-refractivity contribution in [3.05, 3.63) is 23.9 Å². The minimum atomic E-state index is 0.478. The molecule has 0 aliphatic heterocycles. The van der Waals surface area contributed by atoms with Crippen LogP contribution in [0.25, 0.3) is 0 Å². The molecular formula is C14H19N3. The predicted molar refractivity (Wildman–Crippen MR) is 68.6 cm³/mol. The van der Waals surface area contributed by atoms with E-state index in [1.807, 2.05) is 12.1 Å². The summed E-state index contributed by atoms with van der Waals surface area (Å²) in [5.41, 5.74) is 0.478. The maximum atomic E-state index is 8.78. The summed E-state index contributed by atoms with van der Waals surface area (Å²) in [7, 11) is 0. The van der Waals surface area contributed by atoms with Gasteiger partial charge in [0.05, 0.1) is 0 Å². The Bertz CT molecular complexity index is 408. The Kier molecular flexibility index (Phi) is 3.98. The molecule has 1 heterocycles. The minimum Gasteiger partial charge on any atom is -0.370 e. The lowest BCUT2D eigenvalue weighted by Crippen LogP contribution is -2.24. The molecule has 1 fully saturated rings. The molecule has 2 unspecified atom stereocenters. The largest absolute Gasteiger partial charge is 0.370 e. The second kappa shape index (κ2) is 5.67. The lowest BCUT2D eigenvalue weighted by atomic mass is 9.80. The first kappa shape index (κ1) is 11.9. The van der Waals surface area contributed by atoms with Gasteiger partial charge in [0.2, 0.25) is 0 Å². The maximum Gasteiger partial charge on any atom is 0.142 e. The number of hydrogen-bond donors (Lipinski definition) is 1. The average molecular weight is 229 g/mol. The first-order valence-corrected chi connectivity index (χ1v) is 6.40. The van der Waals surface area contributed by atoms with Gasteiger partial charge in [-0.2, -0.15) is 5.26 Å². The van der Waals surface area contributed by atoms with Gasteiger partial charge in [0.25, 0.3) is 0 Å². The third-order valence-corrected chi connectivity index (χ3v) is 3.70. The Labute approximate surface area is 103 Å². The first-order chi connectivity index (χ1) is 8.29. The van der Waals surface area contributed by atoms with Crippen molar-refractivity contribution in [2.45, 2.75) is 32.6 Å². The molecule has 1 aliphatic carbocycles. The van der Waals surface area contributed by atoms with Crippen LogP contribution in [0, 0.1) is 23.2 Å². The zero-order chi connectivity index (χ0) is 12.1. The molecule has 2 atom stereocenters. The topological polar surface area (TPSA) is 48.7 Å². The molecule has 90 valence electrons. The molecule has 2 rings (SSSR count). The van der Waals surface area contributed by atoms with E-state index in [2.05, 4.69) is 23.3 Å². The molecule has 17 heavy (non-hydrogen) atoms. The number of pyridine rings is 1. The van der Waals surface area contributed by atoms with Crippen LogP contribution in [0.1, 0.15) is 38.3 Å². The number of rotatable bonds is 3. The fraction of sp³-hybridized carbons (Fsp3) is 0.571. The highest BCUT2D eigenvalue weighted by Crippen LogP contribution is 2.29. The Hall–Kier alpha value is -1.56. The van der Waals surface area contributed by atoms with Crippen molar-refractivity contribution >= 4 is 5.82 Å². The van der Waals surface area contributed by atoms with E-state index >= 15 is 0 Å². The van der Waals surface area contributed by atoms with Crippen molar-refractivity contribution in [3.63, 3.8) is 0 Å². The van der Waals surface area contributed by atoms with Gasteiger partial charge in [0, 0.05) is 6.54 Å². The summed E-state index contributed by atoms with van der Waals surface area (Å²) in [5.74, 6) is 2.37. The van der Waals surface area contributed by atoms with E-state index in [1.54, 1.807) is 6.07 Å². The molecule has 3 heteroatoms. The molecule has 0 saturated heterocycles. The fourth-order valence-electron chi connectivity index (χ4n) is 2.53. The standard InChI is InChI=1S/C14H19N3/c1-11-5-2-3-6-12(11)10-16-14-8-4-7-13(9-15)17-14/h4,7-8,11-12H,2-3,5-6,10H2,1H3,(H,16,17). The molecule has 1 aromatic heterocycles. The van der Waals surface area contributed by atoms with Gasteiger partial charge in [-0.15, -0.1) is 0 Å². The van der Waals surface area contributed by atoms with Gasteiger partial charge < -0.3 is 5.32 Å². The summed E-state index contributed by atoms with van der Waals surface area (Å²) in [4.78, 5) is 4.23. The third-order valence-electron chi connectivity index (χ3n) is 3.70. The average Bonchev–Trinajstić information content (AvgIpc) is 2.38. The van der Waals surface area contributed by atoms with E-state index in [4.69, 9.17) is 5.26 Å². The van der Waals surface area contributed by atoms with E-state index in [1.165, 1.54) is 25.7 Å². The van der Waals surface area contributed by atoms with Gasteiger partial charge in [-0.1, -0.05) is 32.3 Å². The summed E-state index contributed by atoms with van der Waals surface area (Å²) >= 11 is 0. The second-order valence-electron chi connectivity index (χ2n) is 4.92. The predicted octanol–water partition coefficient (Wildman–Crippen LogP) is 3.19. The normalized spacial score (nSPS) is 24.0. The molecule has 3 nitrogen and oxygen atoms in total. The molecular weight excluding hydrogens is 210 g/mol. The van der Waals surface area contributed by atoms with Crippen LogP contribution < -0.4 is 5.32 Å². The van der Waals surface area contributed by atoms with Crippen LogP contribution in [0.5, 0.6) is 0 Å². The van der Waals surface area contributed by atoms with E-state index in [0.717, 1.165) is 24.2 Å². The van der Waals surface area contributed by atoms with Crippen molar-refractivity contribution in [3.8, 4) is 6.07 Å². The molecule has 1 saturated carbocycles. The van der Waals surface area contributed by atoms with Crippen molar-refractivity contribution in [1.29, 1.82) is 5.26 Å². The molecule has 1 aromatic rings. The monoisotopic (exact) mass is 229 g/mol. The zero-order valence-corrected chi connectivity index (χ0v) is 10.3. The number of nitrogens with one attached hydrogen (secondary N) is 1. The van der Waals surface area contributed by atoms with E-state index in [0.29, 0.717) is 5.69 Å². The van der Waals surface area contributed by atoms with Gasteiger partial charge in [0.15, 0.2) is 0 Å². The minimum absolute atomic E-state index is 0.478. The smallest absolute Gasteiger partial charge is 0.142 e. The fourth-order valence-corrected chi connectivity index (χ4v) is 2.53. The van der Waals surface area contributed by atoms with Crippen molar-refractivity contribution < 1.29 is 0 Å². The SMILES string of the molecule is CC1CCCCC1CNc1cccc(C#N)n1. The Morgan fingerprint density at radius 3 is 3.00 bits per heavy atom. The Morgan fingerprint density at radius 2 is 2.24 bits per heavy atom. The van der Waals surface area contributed by atoms with Gasteiger partial charge in [-0.3, -0.25) is 0 Å². The summed E-state index contributed by atoms with van der Waals surface area (Å²) in [6.07, 6.45) is 5.38. The van der Waals surface area contributed by atoms with Crippen molar-refractivity contribution in [1.82, 2.24) is 4.98 Å². The molecule has 0 radical (unpaired) electrons. The summed E-state index contributed by atoms with van der Waals surface area (Å²) in [6, 6.07) is 7.59. The van der Waals surface area contributed by atoms with Gasteiger partial charge in [-0.05, 0) is 30.4 Å². The van der Waals surface area contributed by atoms with E-state index < -0.39 is 0 Å². The van der Waals surface area contributed by atoms with Gasteiger partial charge in [0.1, 0.15) is 17.6 Å². The van der Waals surface area contributed by atoms with Crippen LogP contribution in [0.2, 0.25) is 0 Å². The number of aromatic nitrogens is 1. The molecule has 0 bridgehead atoms. The number of nitrogens with zero attached hydrogens (tertiary/aromatic N) is 2. The van der Waals surface area contributed by atoms with Crippen LogP contribution >= 0.6 is 0 Å². The quantitative estimate of drug-likeness (QED) is 0.866. The maximum absolute atomic E-state index is 8.78. The molecule has 1 N–H and O–H groups in total.